The summed E-state index contributed by atoms with van der Waals surface area (Å²) in [5, 5.41) is 0.884. The van der Waals surface area contributed by atoms with Crippen LogP contribution in [0, 0.1) is 0 Å². The molecule has 1 aromatic carbocycles. The Morgan fingerprint density at radius 1 is 1.30 bits per heavy atom. The Morgan fingerprint density at radius 2 is 2.15 bits per heavy atom. The smallest absolute Gasteiger partial charge is 0.258 e. The summed E-state index contributed by atoms with van der Waals surface area (Å²) < 4.78 is 5.48. The monoisotopic (exact) mass is 291 g/mol. The number of hydrogen-bond donors (Lipinski definition) is 0. The normalized spacial score (nSPS) is 20.1. The summed E-state index contributed by atoms with van der Waals surface area (Å²) in [6.07, 6.45) is 5.93. The van der Waals surface area contributed by atoms with Gasteiger partial charge in [-0.05, 0) is 18.9 Å². The van der Waals surface area contributed by atoms with Gasteiger partial charge in [-0.25, -0.2) is 0 Å². The van der Waals surface area contributed by atoms with Gasteiger partial charge in [-0.1, -0.05) is 31.0 Å². The van der Waals surface area contributed by atoms with Crippen LogP contribution in [0.4, 0.5) is 0 Å². The third kappa shape index (κ3) is 2.42. The summed E-state index contributed by atoms with van der Waals surface area (Å²) >= 11 is 6.05. The zero-order valence-electron chi connectivity index (χ0n) is 11.3. The average molecular weight is 292 g/mol. The second-order valence-electron chi connectivity index (χ2n) is 5.30. The fraction of sp³-hybridized carbons (Fsp3) is 0.438. The molecule has 0 radical (unpaired) electrons. The summed E-state index contributed by atoms with van der Waals surface area (Å²) in [6, 6.07) is 7.79. The topological polar surface area (TPSA) is 33.5 Å². The van der Waals surface area contributed by atoms with Gasteiger partial charge in [0.25, 0.3) is 5.91 Å². The third-order valence-corrected chi connectivity index (χ3v) is 4.38. The first kappa shape index (κ1) is 13.5. The molecule has 20 heavy (non-hydrogen) atoms. The zero-order valence-corrected chi connectivity index (χ0v) is 12.1. The van der Waals surface area contributed by atoms with Crippen LogP contribution in [0.15, 0.2) is 34.9 Å². The summed E-state index contributed by atoms with van der Waals surface area (Å²) in [7, 11) is 0. The van der Waals surface area contributed by atoms with Crippen LogP contribution in [0.25, 0.3) is 11.0 Å². The summed E-state index contributed by atoms with van der Waals surface area (Å²) in [4.78, 5) is 14.7. The lowest BCUT2D eigenvalue weighted by atomic mass is 10.1. The van der Waals surface area contributed by atoms with Crippen molar-refractivity contribution in [1.82, 2.24) is 4.90 Å². The molecule has 3 rings (SSSR count). The number of alkyl halides is 1. The number of halogens is 1. The van der Waals surface area contributed by atoms with E-state index in [4.69, 9.17) is 16.0 Å². The van der Waals surface area contributed by atoms with Crippen molar-refractivity contribution in [2.24, 2.45) is 0 Å². The van der Waals surface area contributed by atoms with Crippen LogP contribution < -0.4 is 0 Å². The second-order valence-corrected chi connectivity index (χ2v) is 5.61. The van der Waals surface area contributed by atoms with Crippen LogP contribution in [0.2, 0.25) is 0 Å². The minimum absolute atomic E-state index is 0.0440. The van der Waals surface area contributed by atoms with Gasteiger partial charge in [0.2, 0.25) is 0 Å². The highest BCUT2D eigenvalue weighted by atomic mass is 35.5. The van der Waals surface area contributed by atoms with Crippen molar-refractivity contribution in [2.45, 2.75) is 31.7 Å². The number of hydrogen-bond acceptors (Lipinski definition) is 2. The van der Waals surface area contributed by atoms with E-state index in [0.717, 1.165) is 36.8 Å². The second kappa shape index (κ2) is 5.88. The molecule has 1 fully saturated rings. The third-order valence-electron chi connectivity index (χ3n) is 4.03. The number of para-hydroxylation sites is 1. The number of amides is 1. The highest BCUT2D eigenvalue weighted by molar-refractivity contribution is 6.18. The van der Waals surface area contributed by atoms with E-state index >= 15 is 0 Å². The number of nitrogens with zero attached hydrogens (tertiary/aromatic N) is 1. The van der Waals surface area contributed by atoms with Crippen LogP contribution in [-0.2, 0) is 0 Å². The van der Waals surface area contributed by atoms with Gasteiger partial charge in [-0.2, -0.15) is 0 Å². The standard InChI is InChI=1S/C16H18ClNO2/c17-10-12-6-2-1-5-9-18(12)16(19)14-11-20-15-8-4-3-7-13(14)15/h3-4,7-8,11-12H,1-2,5-6,9-10H2. The molecule has 4 heteroatoms. The van der Waals surface area contributed by atoms with Gasteiger partial charge in [0, 0.05) is 23.9 Å². The van der Waals surface area contributed by atoms with Gasteiger partial charge in [0.05, 0.1) is 5.56 Å². The molecule has 1 aliphatic heterocycles. The maximum Gasteiger partial charge on any atom is 0.258 e. The fourth-order valence-corrected chi connectivity index (χ4v) is 3.22. The molecule has 0 saturated carbocycles. The van der Waals surface area contributed by atoms with Crippen LogP contribution in [0.3, 0.4) is 0 Å². The van der Waals surface area contributed by atoms with Crippen LogP contribution in [0.5, 0.6) is 0 Å². The lowest BCUT2D eigenvalue weighted by Gasteiger charge is -2.28. The van der Waals surface area contributed by atoms with Gasteiger partial charge >= 0.3 is 0 Å². The molecule has 1 unspecified atom stereocenters. The molecule has 2 aromatic rings. The lowest BCUT2D eigenvalue weighted by molar-refractivity contribution is 0.0701. The predicted octanol–water partition coefficient (Wildman–Crippen LogP) is 4.06. The molecule has 3 nitrogen and oxygen atoms in total. The minimum atomic E-state index is 0.0440. The van der Waals surface area contributed by atoms with Crippen molar-refractivity contribution in [3.63, 3.8) is 0 Å². The van der Waals surface area contributed by atoms with Crippen molar-refractivity contribution < 1.29 is 9.21 Å². The Hall–Kier alpha value is -1.48. The fourth-order valence-electron chi connectivity index (χ4n) is 2.90. The van der Waals surface area contributed by atoms with Gasteiger partial charge in [-0.15, -0.1) is 11.6 Å². The summed E-state index contributed by atoms with van der Waals surface area (Å²) in [6.45, 7) is 0.787. The molecule has 0 aliphatic carbocycles. The van der Waals surface area contributed by atoms with Gasteiger partial charge in [0.15, 0.2) is 0 Å². The largest absolute Gasteiger partial charge is 0.463 e. The first-order chi connectivity index (χ1) is 9.81. The number of likely N-dealkylation sites (tertiary alicyclic amines) is 1. The Morgan fingerprint density at radius 3 is 3.00 bits per heavy atom. The minimum Gasteiger partial charge on any atom is -0.463 e. The van der Waals surface area contributed by atoms with E-state index < -0.39 is 0 Å². The Balaban J connectivity index is 1.94. The number of benzene rings is 1. The van der Waals surface area contributed by atoms with Crippen molar-refractivity contribution in [3.8, 4) is 0 Å². The highest BCUT2D eigenvalue weighted by Gasteiger charge is 2.27. The van der Waals surface area contributed by atoms with Crippen molar-refractivity contribution in [1.29, 1.82) is 0 Å². The number of carbonyl (C=O) groups is 1. The lowest BCUT2D eigenvalue weighted by Crippen LogP contribution is -2.41. The van der Waals surface area contributed by atoms with E-state index in [2.05, 4.69) is 0 Å². The van der Waals surface area contributed by atoms with Crippen molar-refractivity contribution in [2.75, 3.05) is 12.4 Å². The zero-order chi connectivity index (χ0) is 13.9. The van der Waals surface area contributed by atoms with E-state index in [1.54, 1.807) is 6.26 Å². The maximum atomic E-state index is 12.8. The van der Waals surface area contributed by atoms with E-state index in [0.29, 0.717) is 11.4 Å². The number of fused-ring (bicyclic) bond motifs is 1. The number of carbonyl (C=O) groups excluding carboxylic acids is 1. The molecule has 1 atom stereocenters. The van der Waals surface area contributed by atoms with Crippen molar-refractivity contribution in [3.05, 3.63) is 36.1 Å². The maximum absolute atomic E-state index is 12.8. The number of rotatable bonds is 2. The first-order valence-corrected chi connectivity index (χ1v) is 7.68. The molecule has 1 amide bonds. The molecule has 0 bridgehead atoms. The summed E-state index contributed by atoms with van der Waals surface area (Å²) in [5.41, 5.74) is 1.41. The highest BCUT2D eigenvalue weighted by Crippen LogP contribution is 2.25. The Bertz CT molecular complexity index is 607. The molecular weight excluding hydrogens is 274 g/mol. The molecule has 106 valence electrons. The molecule has 1 saturated heterocycles. The average Bonchev–Trinajstić information content (AvgIpc) is 2.76. The van der Waals surface area contributed by atoms with E-state index in [1.807, 2.05) is 29.2 Å². The molecule has 1 aromatic heterocycles. The predicted molar refractivity (Wildman–Crippen MR) is 80.2 cm³/mol. The van der Waals surface area contributed by atoms with E-state index in [-0.39, 0.29) is 11.9 Å². The first-order valence-electron chi connectivity index (χ1n) is 7.14. The molecule has 1 aliphatic rings. The molecule has 0 spiro atoms. The van der Waals surface area contributed by atoms with E-state index in [1.165, 1.54) is 6.42 Å². The van der Waals surface area contributed by atoms with Gasteiger partial charge in [-0.3, -0.25) is 4.79 Å². The van der Waals surface area contributed by atoms with Crippen LogP contribution in [0.1, 0.15) is 36.0 Å². The van der Waals surface area contributed by atoms with Gasteiger partial charge in [0.1, 0.15) is 11.8 Å². The quantitative estimate of drug-likeness (QED) is 0.782. The summed E-state index contributed by atoms with van der Waals surface area (Å²) in [5.74, 6) is 0.545. The Labute approximate surface area is 123 Å². The molecule has 0 N–H and O–H groups in total. The molecule has 2 heterocycles. The SMILES string of the molecule is O=C(c1coc2ccccc12)N1CCCCCC1CCl. The van der Waals surface area contributed by atoms with Crippen molar-refractivity contribution >= 4 is 28.5 Å². The van der Waals surface area contributed by atoms with E-state index in [9.17, 15) is 4.79 Å². The van der Waals surface area contributed by atoms with Crippen LogP contribution >= 0.6 is 11.6 Å². The van der Waals surface area contributed by atoms with Crippen LogP contribution in [-0.4, -0.2) is 29.3 Å². The Kier molecular flexibility index (Phi) is 3.97. The molecular formula is C16H18ClNO2. The number of furan rings is 1. The van der Waals surface area contributed by atoms with Gasteiger partial charge < -0.3 is 9.32 Å².